The van der Waals surface area contributed by atoms with Crippen LogP contribution < -0.4 is 15.7 Å². The van der Waals surface area contributed by atoms with Crippen LogP contribution in [0.2, 0.25) is 0 Å². The van der Waals surface area contributed by atoms with Crippen LogP contribution in [0.1, 0.15) is 12.6 Å². The highest BCUT2D eigenvalue weighted by atomic mass is 31.1. The molecule has 0 radical (unpaired) electrons. The van der Waals surface area contributed by atoms with Gasteiger partial charge in [-0.3, -0.25) is 15.3 Å². The monoisotopic (exact) mass is 384 g/mol. The Bertz CT molecular complexity index is 821. The summed E-state index contributed by atoms with van der Waals surface area (Å²) >= 11 is 0. The van der Waals surface area contributed by atoms with Crippen LogP contribution in [0.4, 0.5) is 10.2 Å². The first-order valence-electron chi connectivity index (χ1n) is 7.69. The molecule has 1 aliphatic rings. The topological polar surface area (TPSA) is 112 Å². The van der Waals surface area contributed by atoms with E-state index < -0.39 is 32.4 Å². The normalized spacial score (nSPS) is 22.8. The summed E-state index contributed by atoms with van der Waals surface area (Å²) in [6, 6.07) is 9.78. The molecular weight excluding hydrogens is 368 g/mol. The molecular formula is C15H16FN3O6P+. The number of nitrogens with one attached hydrogen (secondary N) is 1. The molecule has 1 saturated heterocycles. The Balaban J connectivity index is 1.55. The molecule has 9 nitrogen and oxygen atoms in total. The predicted molar refractivity (Wildman–Crippen MR) is 88.0 cm³/mol. The summed E-state index contributed by atoms with van der Waals surface area (Å²) in [6.45, 7) is -0.155. The van der Waals surface area contributed by atoms with E-state index in [0.717, 1.165) is 4.57 Å². The van der Waals surface area contributed by atoms with Gasteiger partial charge in [0.1, 0.15) is 12.8 Å². The second-order valence-electron chi connectivity index (χ2n) is 5.44. The summed E-state index contributed by atoms with van der Waals surface area (Å²) in [6.07, 6.45) is -2.12. The Hall–Kier alpha value is -2.39. The summed E-state index contributed by atoms with van der Waals surface area (Å²) in [5.41, 5.74) is 0.952. The van der Waals surface area contributed by atoms with Gasteiger partial charge in [0.2, 0.25) is 0 Å². The van der Waals surface area contributed by atoms with Crippen LogP contribution in [0.5, 0.6) is 5.75 Å². The molecule has 138 valence electrons. The lowest BCUT2D eigenvalue weighted by atomic mass is 10.2. The van der Waals surface area contributed by atoms with Crippen molar-refractivity contribution in [3.63, 3.8) is 0 Å². The average Bonchev–Trinajstić information content (AvgIpc) is 3.01. The Morgan fingerprint density at radius 1 is 1.38 bits per heavy atom. The van der Waals surface area contributed by atoms with Gasteiger partial charge in [-0.05, 0) is 18.2 Å². The van der Waals surface area contributed by atoms with Gasteiger partial charge < -0.3 is 4.74 Å². The SMILES string of the molecule is O=c1nc(NO)ccn1C1OC(CO[P+](=O)Oc2ccccc2)CC1F. The molecule has 2 N–H and O–H groups in total. The zero-order valence-corrected chi connectivity index (χ0v) is 14.3. The molecule has 0 amide bonds. The van der Waals surface area contributed by atoms with Crippen molar-refractivity contribution in [2.45, 2.75) is 24.9 Å². The maximum atomic E-state index is 14.2. The van der Waals surface area contributed by atoms with Gasteiger partial charge in [0.25, 0.3) is 0 Å². The van der Waals surface area contributed by atoms with Gasteiger partial charge in [0.05, 0.1) is 6.10 Å². The number of halogens is 1. The van der Waals surface area contributed by atoms with Crippen molar-refractivity contribution < 1.29 is 27.9 Å². The average molecular weight is 384 g/mol. The highest BCUT2D eigenvalue weighted by molar-refractivity contribution is 7.33. The molecule has 0 aliphatic carbocycles. The first-order chi connectivity index (χ1) is 12.6. The van der Waals surface area contributed by atoms with E-state index in [-0.39, 0.29) is 18.8 Å². The second kappa shape index (κ2) is 8.33. The van der Waals surface area contributed by atoms with Gasteiger partial charge in [0.15, 0.2) is 17.8 Å². The zero-order chi connectivity index (χ0) is 18.5. The molecule has 4 unspecified atom stereocenters. The maximum absolute atomic E-state index is 14.2. The highest BCUT2D eigenvalue weighted by Gasteiger charge is 2.39. The van der Waals surface area contributed by atoms with Crippen LogP contribution in [-0.2, 0) is 13.8 Å². The van der Waals surface area contributed by atoms with Gasteiger partial charge in [-0.25, -0.2) is 13.7 Å². The summed E-state index contributed by atoms with van der Waals surface area (Å²) in [5, 5.41) is 8.72. The standard InChI is InChI=1S/C15H15FN3O6P/c16-12-8-11(9-23-26(22)25-10-4-2-1-3-5-10)24-14(12)19-7-6-13(18-21)17-15(19)20/h1-7,11-12,14H,8-9H2,(H-,17,18,20,21)/p+1. The van der Waals surface area contributed by atoms with Gasteiger partial charge in [-0.2, -0.15) is 4.98 Å². The smallest absolute Gasteiger partial charge is 0.349 e. The van der Waals surface area contributed by atoms with Crippen LogP contribution in [0.15, 0.2) is 47.4 Å². The lowest BCUT2D eigenvalue weighted by Crippen LogP contribution is -2.30. The molecule has 1 aromatic heterocycles. The summed E-state index contributed by atoms with van der Waals surface area (Å²) in [7, 11) is -2.44. The molecule has 11 heteroatoms. The summed E-state index contributed by atoms with van der Waals surface area (Å²) in [4.78, 5) is 15.4. The van der Waals surface area contributed by atoms with Crippen LogP contribution in [-0.4, -0.2) is 33.6 Å². The maximum Gasteiger partial charge on any atom is 0.750 e. The number of ether oxygens (including phenoxy) is 1. The van der Waals surface area contributed by atoms with Crippen molar-refractivity contribution in [1.29, 1.82) is 0 Å². The Morgan fingerprint density at radius 3 is 2.85 bits per heavy atom. The van der Waals surface area contributed by atoms with Gasteiger partial charge in [0, 0.05) is 17.2 Å². The number of rotatable bonds is 7. The van der Waals surface area contributed by atoms with Crippen LogP contribution in [0.25, 0.3) is 0 Å². The van der Waals surface area contributed by atoms with E-state index in [9.17, 15) is 13.8 Å². The first-order valence-corrected chi connectivity index (χ1v) is 8.78. The minimum absolute atomic E-state index is 0.0361. The van der Waals surface area contributed by atoms with Crippen molar-refractivity contribution in [1.82, 2.24) is 9.55 Å². The van der Waals surface area contributed by atoms with Crippen LogP contribution in [0, 0.1) is 0 Å². The molecule has 2 heterocycles. The summed E-state index contributed by atoms with van der Waals surface area (Å²) in [5.74, 6) is 0.326. The number of hydrogen-bond acceptors (Lipinski definition) is 8. The number of para-hydroxylation sites is 1. The van der Waals surface area contributed by atoms with Gasteiger partial charge >= 0.3 is 13.9 Å². The number of alkyl halides is 1. The molecule has 3 rings (SSSR count). The van der Waals surface area contributed by atoms with Crippen LogP contribution in [0.3, 0.4) is 0 Å². The fourth-order valence-corrected chi connectivity index (χ4v) is 3.09. The lowest BCUT2D eigenvalue weighted by molar-refractivity contribution is -0.0357. The Kier molecular flexibility index (Phi) is 5.89. The van der Waals surface area contributed by atoms with E-state index >= 15 is 0 Å². The predicted octanol–water partition coefficient (Wildman–Crippen LogP) is 2.42. The fraction of sp³-hybridized carbons (Fsp3) is 0.333. The van der Waals surface area contributed by atoms with Crippen molar-refractivity contribution >= 4 is 14.1 Å². The molecule has 0 saturated carbocycles. The first kappa shape index (κ1) is 18.4. The highest BCUT2D eigenvalue weighted by Crippen LogP contribution is 2.33. The number of aromatic nitrogens is 2. The third kappa shape index (κ3) is 4.41. The Morgan fingerprint density at radius 2 is 2.15 bits per heavy atom. The van der Waals surface area contributed by atoms with E-state index in [1.54, 1.807) is 35.8 Å². The number of nitrogens with zero attached hydrogens (tertiary/aromatic N) is 2. The fourth-order valence-electron chi connectivity index (χ4n) is 2.46. The molecule has 26 heavy (non-hydrogen) atoms. The number of hydrogen-bond donors (Lipinski definition) is 2. The van der Waals surface area contributed by atoms with Crippen LogP contribution >= 0.6 is 8.25 Å². The molecule has 4 atom stereocenters. The summed E-state index contributed by atoms with van der Waals surface area (Å²) < 4.78 is 42.6. The second-order valence-corrected chi connectivity index (χ2v) is 6.33. The largest absolute Gasteiger partial charge is 0.750 e. The number of anilines is 1. The molecule has 1 aliphatic heterocycles. The lowest BCUT2D eigenvalue weighted by Gasteiger charge is -2.15. The minimum Gasteiger partial charge on any atom is -0.349 e. The molecule has 0 bridgehead atoms. The quantitative estimate of drug-likeness (QED) is 0.553. The third-order valence-electron chi connectivity index (χ3n) is 3.64. The molecule has 0 spiro atoms. The van der Waals surface area contributed by atoms with E-state index in [0.29, 0.717) is 5.75 Å². The van der Waals surface area contributed by atoms with E-state index in [1.165, 1.54) is 12.3 Å². The number of benzene rings is 1. The molecule has 2 aromatic rings. The van der Waals surface area contributed by atoms with E-state index in [4.69, 9.17) is 19.0 Å². The van der Waals surface area contributed by atoms with Crippen molar-refractivity contribution in [3.05, 3.63) is 53.1 Å². The third-order valence-corrected chi connectivity index (χ3v) is 4.36. The molecule has 1 fully saturated rings. The van der Waals surface area contributed by atoms with Crippen molar-refractivity contribution in [3.8, 4) is 5.75 Å². The molecule has 1 aromatic carbocycles. The Labute approximate surface area is 148 Å². The minimum atomic E-state index is -2.44. The zero-order valence-electron chi connectivity index (χ0n) is 13.4. The van der Waals surface area contributed by atoms with Crippen molar-refractivity contribution in [2.75, 3.05) is 12.1 Å². The van der Waals surface area contributed by atoms with Gasteiger partial charge in [-0.15, -0.1) is 4.52 Å². The van der Waals surface area contributed by atoms with E-state index in [2.05, 4.69) is 4.98 Å². The van der Waals surface area contributed by atoms with Crippen molar-refractivity contribution in [2.24, 2.45) is 0 Å². The van der Waals surface area contributed by atoms with Gasteiger partial charge in [-0.1, -0.05) is 18.2 Å². The van der Waals surface area contributed by atoms with E-state index in [1.807, 2.05) is 0 Å².